The Morgan fingerprint density at radius 1 is 1.23 bits per heavy atom. The Hall–Kier alpha value is -1.63. The van der Waals surface area contributed by atoms with Gasteiger partial charge in [0.25, 0.3) is 0 Å². The molecule has 120 valence electrons. The third-order valence-corrected chi connectivity index (χ3v) is 4.14. The van der Waals surface area contributed by atoms with E-state index in [1.54, 1.807) is 0 Å². The van der Waals surface area contributed by atoms with Crippen molar-refractivity contribution < 1.29 is 14.6 Å². The average molecular weight is 305 g/mol. The van der Waals surface area contributed by atoms with Crippen LogP contribution < -0.4 is 10.2 Å². The van der Waals surface area contributed by atoms with Crippen LogP contribution in [0.2, 0.25) is 0 Å². The van der Waals surface area contributed by atoms with Crippen LogP contribution in [0.1, 0.15) is 6.42 Å². The summed E-state index contributed by atoms with van der Waals surface area (Å²) in [4.78, 5) is 16.3. The number of hydrogen-bond donors (Lipinski definition) is 2. The van der Waals surface area contributed by atoms with Crippen molar-refractivity contribution in [2.75, 3.05) is 56.2 Å². The highest BCUT2D eigenvalue weighted by Gasteiger charge is 2.22. The number of likely N-dealkylation sites (tertiary alicyclic amines) is 1. The third-order valence-electron chi connectivity index (χ3n) is 4.14. The van der Waals surface area contributed by atoms with Gasteiger partial charge in [0.15, 0.2) is 0 Å². The van der Waals surface area contributed by atoms with E-state index in [4.69, 9.17) is 4.74 Å². The van der Waals surface area contributed by atoms with Crippen molar-refractivity contribution in [3.63, 3.8) is 0 Å². The molecule has 2 heterocycles. The van der Waals surface area contributed by atoms with Gasteiger partial charge in [-0.05, 0) is 30.7 Å². The van der Waals surface area contributed by atoms with Crippen molar-refractivity contribution in [2.24, 2.45) is 0 Å². The van der Waals surface area contributed by atoms with Gasteiger partial charge in [0.1, 0.15) is 0 Å². The van der Waals surface area contributed by atoms with Crippen LogP contribution in [-0.2, 0) is 9.53 Å². The number of amides is 1. The lowest BCUT2D eigenvalue weighted by molar-refractivity contribution is -0.117. The second kappa shape index (κ2) is 7.09. The van der Waals surface area contributed by atoms with Crippen LogP contribution in [0.5, 0.6) is 0 Å². The molecule has 3 rings (SSSR count). The lowest BCUT2D eigenvalue weighted by Gasteiger charge is -2.28. The maximum atomic E-state index is 12.0. The first-order valence-corrected chi connectivity index (χ1v) is 7.84. The summed E-state index contributed by atoms with van der Waals surface area (Å²) in [6, 6.07) is 7.92. The van der Waals surface area contributed by atoms with Gasteiger partial charge in [-0.1, -0.05) is 0 Å². The van der Waals surface area contributed by atoms with Crippen molar-refractivity contribution in [3.8, 4) is 0 Å². The van der Waals surface area contributed by atoms with Crippen LogP contribution in [-0.4, -0.2) is 68.0 Å². The Morgan fingerprint density at radius 2 is 1.95 bits per heavy atom. The molecule has 0 saturated carbocycles. The first-order valence-electron chi connectivity index (χ1n) is 7.84. The van der Waals surface area contributed by atoms with E-state index in [2.05, 4.69) is 10.2 Å². The van der Waals surface area contributed by atoms with Crippen LogP contribution in [0.3, 0.4) is 0 Å². The van der Waals surface area contributed by atoms with Crippen molar-refractivity contribution in [3.05, 3.63) is 24.3 Å². The quantitative estimate of drug-likeness (QED) is 0.849. The molecule has 0 unspecified atom stereocenters. The first kappa shape index (κ1) is 15.3. The maximum absolute atomic E-state index is 12.0. The number of nitrogens with zero attached hydrogens (tertiary/aromatic N) is 2. The summed E-state index contributed by atoms with van der Waals surface area (Å²) in [5, 5.41) is 12.4. The van der Waals surface area contributed by atoms with E-state index in [1.165, 1.54) is 0 Å². The van der Waals surface area contributed by atoms with Crippen molar-refractivity contribution in [1.82, 2.24) is 4.90 Å². The second-order valence-corrected chi connectivity index (χ2v) is 5.87. The number of ether oxygens (including phenoxy) is 1. The van der Waals surface area contributed by atoms with E-state index in [0.717, 1.165) is 50.6 Å². The summed E-state index contributed by atoms with van der Waals surface area (Å²) in [6.07, 6.45) is 0.460. The highest BCUT2D eigenvalue weighted by Crippen LogP contribution is 2.19. The first-order chi connectivity index (χ1) is 10.7. The number of aliphatic hydroxyl groups excluding tert-OH is 1. The monoisotopic (exact) mass is 305 g/mol. The van der Waals surface area contributed by atoms with Gasteiger partial charge in [0.05, 0.1) is 25.9 Å². The molecule has 2 fully saturated rings. The van der Waals surface area contributed by atoms with Gasteiger partial charge in [-0.3, -0.25) is 9.69 Å². The number of β-amino-alcohol motifs (C(OH)–C–C–N with tert-alkyl or cyclic N) is 1. The van der Waals surface area contributed by atoms with E-state index in [9.17, 15) is 9.90 Å². The van der Waals surface area contributed by atoms with Crippen LogP contribution in [0, 0.1) is 0 Å². The Labute approximate surface area is 130 Å². The minimum Gasteiger partial charge on any atom is -0.392 e. The standard InChI is InChI=1S/C16H23N3O3/c20-15-5-6-18(11-15)12-16(21)17-13-1-3-14(4-2-13)19-7-9-22-10-8-19/h1-4,15,20H,5-12H2,(H,17,21)/t15-/m1/s1. The number of aliphatic hydroxyl groups is 1. The van der Waals surface area contributed by atoms with Crippen LogP contribution in [0.25, 0.3) is 0 Å². The highest BCUT2D eigenvalue weighted by atomic mass is 16.5. The number of benzene rings is 1. The third kappa shape index (κ3) is 3.97. The Bertz CT molecular complexity index is 500. The molecule has 0 aliphatic carbocycles. The molecule has 6 heteroatoms. The molecule has 1 aromatic rings. The molecule has 2 aliphatic rings. The number of rotatable bonds is 4. The zero-order valence-electron chi connectivity index (χ0n) is 12.7. The zero-order valence-corrected chi connectivity index (χ0v) is 12.7. The molecule has 1 amide bonds. The fraction of sp³-hybridized carbons (Fsp3) is 0.562. The zero-order chi connectivity index (χ0) is 15.4. The van der Waals surface area contributed by atoms with Gasteiger partial charge >= 0.3 is 0 Å². The fourth-order valence-electron chi connectivity index (χ4n) is 2.94. The van der Waals surface area contributed by atoms with Gasteiger partial charge in [0, 0.05) is 37.6 Å². The predicted octanol–water partition coefficient (Wildman–Crippen LogP) is 0.528. The van der Waals surface area contributed by atoms with Gasteiger partial charge in [-0.15, -0.1) is 0 Å². The van der Waals surface area contributed by atoms with E-state index in [0.29, 0.717) is 13.1 Å². The van der Waals surface area contributed by atoms with E-state index >= 15 is 0 Å². The number of nitrogens with one attached hydrogen (secondary N) is 1. The van der Waals surface area contributed by atoms with Crippen LogP contribution in [0.4, 0.5) is 11.4 Å². The summed E-state index contributed by atoms with van der Waals surface area (Å²) >= 11 is 0. The smallest absolute Gasteiger partial charge is 0.238 e. The summed E-state index contributed by atoms with van der Waals surface area (Å²) in [5.41, 5.74) is 1.96. The van der Waals surface area contributed by atoms with Crippen molar-refractivity contribution in [2.45, 2.75) is 12.5 Å². The largest absolute Gasteiger partial charge is 0.392 e. The maximum Gasteiger partial charge on any atom is 0.238 e. The predicted molar refractivity (Wildman–Crippen MR) is 85.2 cm³/mol. The lowest BCUT2D eigenvalue weighted by Crippen LogP contribution is -2.36. The summed E-state index contributed by atoms with van der Waals surface area (Å²) in [6.45, 7) is 5.04. The van der Waals surface area contributed by atoms with Crippen molar-refractivity contribution >= 4 is 17.3 Å². The Balaban J connectivity index is 1.51. The molecule has 0 aromatic heterocycles. The van der Waals surface area contributed by atoms with Crippen molar-refractivity contribution in [1.29, 1.82) is 0 Å². The lowest BCUT2D eigenvalue weighted by atomic mass is 10.2. The molecule has 1 atom stereocenters. The summed E-state index contributed by atoms with van der Waals surface area (Å²) < 4.78 is 5.35. The molecule has 0 spiro atoms. The normalized spacial score (nSPS) is 22.8. The van der Waals surface area contributed by atoms with E-state index < -0.39 is 0 Å². The van der Waals surface area contributed by atoms with Gasteiger partial charge in [0.2, 0.25) is 5.91 Å². The van der Waals surface area contributed by atoms with E-state index in [-0.39, 0.29) is 12.0 Å². The molecular formula is C16H23N3O3. The van der Waals surface area contributed by atoms with Gasteiger partial charge in [-0.25, -0.2) is 0 Å². The number of carbonyl (C=O) groups excluding carboxylic acids is 1. The molecule has 1 aromatic carbocycles. The van der Waals surface area contributed by atoms with Gasteiger partial charge < -0.3 is 20.1 Å². The van der Waals surface area contributed by atoms with Crippen LogP contribution in [0.15, 0.2) is 24.3 Å². The molecule has 22 heavy (non-hydrogen) atoms. The van der Waals surface area contributed by atoms with Crippen LogP contribution >= 0.6 is 0 Å². The second-order valence-electron chi connectivity index (χ2n) is 5.87. The number of anilines is 2. The molecule has 2 N–H and O–H groups in total. The summed E-state index contributed by atoms with van der Waals surface area (Å²) in [5.74, 6) is -0.0341. The molecule has 6 nitrogen and oxygen atoms in total. The molecule has 2 aliphatic heterocycles. The minimum atomic E-state index is -0.291. The number of morpholine rings is 1. The number of hydrogen-bond acceptors (Lipinski definition) is 5. The minimum absolute atomic E-state index is 0.0341. The van der Waals surface area contributed by atoms with Gasteiger partial charge in [-0.2, -0.15) is 0 Å². The Kier molecular flexibility index (Phi) is 4.92. The molecule has 0 bridgehead atoms. The molecule has 0 radical (unpaired) electrons. The summed E-state index contributed by atoms with van der Waals surface area (Å²) in [7, 11) is 0. The molecular weight excluding hydrogens is 282 g/mol. The SMILES string of the molecule is O=C(CN1CC[C@@H](O)C1)Nc1ccc(N2CCOCC2)cc1. The topological polar surface area (TPSA) is 65.0 Å². The average Bonchev–Trinajstić information content (AvgIpc) is 2.94. The van der Waals surface area contributed by atoms with E-state index in [1.807, 2.05) is 29.2 Å². The highest BCUT2D eigenvalue weighted by molar-refractivity contribution is 5.92. The molecule has 2 saturated heterocycles. The fourth-order valence-corrected chi connectivity index (χ4v) is 2.94. The number of carbonyl (C=O) groups is 1. The Morgan fingerprint density at radius 3 is 2.59 bits per heavy atom.